The number of hydrogen-bond donors (Lipinski definition) is 3. The summed E-state index contributed by atoms with van der Waals surface area (Å²) in [5, 5.41) is 15.9. The van der Waals surface area contributed by atoms with Gasteiger partial charge in [-0.05, 0) is 25.0 Å². The van der Waals surface area contributed by atoms with Crippen molar-refractivity contribution < 1.29 is 5.11 Å². The quantitative estimate of drug-likeness (QED) is 0.728. The van der Waals surface area contributed by atoms with Crippen LogP contribution in [0.5, 0.6) is 0 Å². The van der Waals surface area contributed by atoms with Crippen LogP contribution in [-0.2, 0) is 0 Å². The Balaban J connectivity index is 2.35. The van der Waals surface area contributed by atoms with E-state index < -0.39 is 0 Å². The van der Waals surface area contributed by atoms with Gasteiger partial charge in [0.2, 0.25) is 5.95 Å². The van der Waals surface area contributed by atoms with Crippen LogP contribution >= 0.6 is 0 Å². The monoisotopic (exact) mass is 301 g/mol. The van der Waals surface area contributed by atoms with Gasteiger partial charge in [0.1, 0.15) is 5.82 Å². The molecule has 0 aliphatic rings. The number of pyridine rings is 1. The molecule has 1 atom stereocenters. The van der Waals surface area contributed by atoms with Gasteiger partial charge in [-0.25, -0.2) is 4.98 Å². The number of aliphatic hydroxyl groups excluding tert-OH is 1. The Hall–Kier alpha value is -2.21. The minimum atomic E-state index is -0.0846. The molecule has 2 rings (SSSR count). The number of aliphatic hydroxyl groups is 1. The second-order valence-corrected chi connectivity index (χ2v) is 5.41. The van der Waals surface area contributed by atoms with Crippen molar-refractivity contribution in [3.63, 3.8) is 0 Å². The van der Waals surface area contributed by atoms with Crippen LogP contribution in [0, 0.1) is 5.92 Å². The van der Waals surface area contributed by atoms with Crippen molar-refractivity contribution in [2.45, 2.75) is 26.8 Å². The Morgan fingerprint density at radius 1 is 1.27 bits per heavy atom. The molecule has 6 nitrogen and oxygen atoms in total. The van der Waals surface area contributed by atoms with Crippen molar-refractivity contribution in [1.29, 1.82) is 0 Å². The highest BCUT2D eigenvalue weighted by Crippen LogP contribution is 2.21. The van der Waals surface area contributed by atoms with E-state index >= 15 is 0 Å². The van der Waals surface area contributed by atoms with E-state index in [1.165, 1.54) is 0 Å². The third-order valence-electron chi connectivity index (χ3n) is 3.36. The van der Waals surface area contributed by atoms with E-state index in [9.17, 15) is 5.11 Å². The zero-order chi connectivity index (χ0) is 15.9. The van der Waals surface area contributed by atoms with Gasteiger partial charge >= 0.3 is 0 Å². The minimum absolute atomic E-state index is 0.0364. The first-order valence-corrected chi connectivity index (χ1v) is 7.54. The van der Waals surface area contributed by atoms with Crippen LogP contribution in [0.3, 0.4) is 0 Å². The number of aromatic nitrogens is 3. The lowest BCUT2D eigenvalue weighted by molar-refractivity contribution is 0.248. The molecule has 0 fully saturated rings. The molecule has 0 saturated carbocycles. The van der Waals surface area contributed by atoms with Crippen LogP contribution < -0.4 is 10.6 Å². The lowest BCUT2D eigenvalue weighted by atomic mass is 10.1. The van der Waals surface area contributed by atoms with E-state index in [1.54, 1.807) is 12.4 Å². The smallest absolute Gasteiger partial charge is 0.225 e. The van der Waals surface area contributed by atoms with Crippen LogP contribution in [0.4, 0.5) is 11.8 Å². The molecule has 2 aromatic rings. The number of anilines is 2. The van der Waals surface area contributed by atoms with Gasteiger partial charge in [0, 0.05) is 30.6 Å². The van der Waals surface area contributed by atoms with E-state index in [0.717, 1.165) is 23.6 Å². The summed E-state index contributed by atoms with van der Waals surface area (Å²) in [6, 6.07) is 5.65. The summed E-state index contributed by atoms with van der Waals surface area (Å²) in [5.41, 5.74) is 1.72. The third kappa shape index (κ3) is 4.14. The number of nitrogens with one attached hydrogen (secondary N) is 2. The first kappa shape index (κ1) is 16.2. The number of nitrogens with zero attached hydrogens (tertiary/aromatic N) is 3. The number of hydrogen-bond acceptors (Lipinski definition) is 6. The molecule has 0 aliphatic heterocycles. The summed E-state index contributed by atoms with van der Waals surface area (Å²) in [7, 11) is 0. The SMILES string of the molecule is CCNc1cc(-c2cccnc2)nc(N[C@@H](CO)C(C)C)n1. The first-order chi connectivity index (χ1) is 10.6. The van der Waals surface area contributed by atoms with Crippen LogP contribution in [0.25, 0.3) is 11.3 Å². The molecule has 0 amide bonds. The second kappa shape index (κ2) is 7.70. The Morgan fingerprint density at radius 2 is 2.09 bits per heavy atom. The topological polar surface area (TPSA) is 83.0 Å². The van der Waals surface area contributed by atoms with E-state index in [0.29, 0.717) is 5.95 Å². The Morgan fingerprint density at radius 3 is 2.68 bits per heavy atom. The predicted molar refractivity (Wildman–Crippen MR) is 88.8 cm³/mol. The molecule has 0 aromatic carbocycles. The maximum absolute atomic E-state index is 9.47. The summed E-state index contributed by atoms with van der Waals surface area (Å²) < 4.78 is 0. The zero-order valence-electron chi connectivity index (χ0n) is 13.2. The Kier molecular flexibility index (Phi) is 5.66. The molecule has 0 unspecified atom stereocenters. The van der Waals surface area contributed by atoms with Crippen LogP contribution in [0.15, 0.2) is 30.6 Å². The maximum atomic E-state index is 9.47. The van der Waals surface area contributed by atoms with Crippen molar-refractivity contribution in [3.05, 3.63) is 30.6 Å². The fraction of sp³-hybridized carbons (Fsp3) is 0.438. The minimum Gasteiger partial charge on any atom is -0.394 e. The summed E-state index contributed by atoms with van der Waals surface area (Å²) >= 11 is 0. The van der Waals surface area contributed by atoms with Crippen molar-refractivity contribution in [2.75, 3.05) is 23.8 Å². The van der Waals surface area contributed by atoms with Gasteiger partial charge in [-0.2, -0.15) is 4.98 Å². The highest BCUT2D eigenvalue weighted by molar-refractivity contribution is 5.63. The van der Waals surface area contributed by atoms with Gasteiger partial charge in [-0.1, -0.05) is 13.8 Å². The molecule has 2 aromatic heterocycles. The fourth-order valence-electron chi connectivity index (χ4n) is 2.03. The van der Waals surface area contributed by atoms with Gasteiger partial charge < -0.3 is 15.7 Å². The van der Waals surface area contributed by atoms with Crippen molar-refractivity contribution >= 4 is 11.8 Å². The third-order valence-corrected chi connectivity index (χ3v) is 3.36. The highest BCUT2D eigenvalue weighted by Gasteiger charge is 2.14. The van der Waals surface area contributed by atoms with Crippen LogP contribution in [0.1, 0.15) is 20.8 Å². The normalized spacial score (nSPS) is 12.2. The standard InChI is InChI=1S/C16H23N5O/c1-4-18-15-8-13(12-6-5-7-17-9-12)19-16(21-15)20-14(10-22)11(2)3/h5-9,11,14,22H,4,10H2,1-3H3,(H2,18,19,20,21)/t14-/m0/s1. The van der Waals surface area contributed by atoms with E-state index in [-0.39, 0.29) is 18.6 Å². The van der Waals surface area contributed by atoms with E-state index in [2.05, 4.69) is 25.6 Å². The van der Waals surface area contributed by atoms with Gasteiger partial charge in [-0.3, -0.25) is 4.98 Å². The van der Waals surface area contributed by atoms with E-state index in [1.807, 2.05) is 39.0 Å². The van der Waals surface area contributed by atoms with Gasteiger partial charge in [-0.15, -0.1) is 0 Å². The van der Waals surface area contributed by atoms with Crippen molar-refractivity contribution in [1.82, 2.24) is 15.0 Å². The predicted octanol–water partition coefficient (Wildman–Crippen LogP) is 2.40. The van der Waals surface area contributed by atoms with Gasteiger partial charge in [0.05, 0.1) is 18.3 Å². The molecular formula is C16H23N5O. The number of rotatable bonds is 7. The molecule has 6 heteroatoms. The average molecular weight is 301 g/mol. The molecule has 0 aliphatic carbocycles. The fourth-order valence-corrected chi connectivity index (χ4v) is 2.03. The van der Waals surface area contributed by atoms with Crippen LogP contribution in [0.2, 0.25) is 0 Å². The molecule has 0 spiro atoms. The van der Waals surface area contributed by atoms with Gasteiger partial charge in [0.25, 0.3) is 0 Å². The maximum Gasteiger partial charge on any atom is 0.225 e. The Bertz CT molecular complexity index is 588. The largest absolute Gasteiger partial charge is 0.394 e. The van der Waals surface area contributed by atoms with Gasteiger partial charge in [0.15, 0.2) is 0 Å². The van der Waals surface area contributed by atoms with Crippen LogP contribution in [-0.4, -0.2) is 39.3 Å². The molecule has 118 valence electrons. The highest BCUT2D eigenvalue weighted by atomic mass is 16.3. The first-order valence-electron chi connectivity index (χ1n) is 7.54. The summed E-state index contributed by atoms with van der Waals surface area (Å²) in [5.74, 6) is 1.53. The van der Waals surface area contributed by atoms with E-state index in [4.69, 9.17) is 0 Å². The second-order valence-electron chi connectivity index (χ2n) is 5.41. The molecule has 22 heavy (non-hydrogen) atoms. The van der Waals surface area contributed by atoms with Crippen molar-refractivity contribution in [2.24, 2.45) is 5.92 Å². The zero-order valence-corrected chi connectivity index (χ0v) is 13.2. The average Bonchev–Trinajstić information content (AvgIpc) is 2.53. The molecule has 3 N–H and O–H groups in total. The molecule has 0 saturated heterocycles. The molecule has 2 heterocycles. The summed E-state index contributed by atoms with van der Waals surface area (Å²) in [6.07, 6.45) is 3.50. The molecule has 0 radical (unpaired) electrons. The molecule has 0 bridgehead atoms. The lowest BCUT2D eigenvalue weighted by Gasteiger charge is -2.20. The molecular weight excluding hydrogens is 278 g/mol. The summed E-state index contributed by atoms with van der Waals surface area (Å²) in [4.78, 5) is 13.1. The summed E-state index contributed by atoms with van der Waals surface area (Å²) in [6.45, 7) is 6.92. The van der Waals surface area contributed by atoms with Crippen molar-refractivity contribution in [3.8, 4) is 11.3 Å². The lowest BCUT2D eigenvalue weighted by Crippen LogP contribution is -2.30. The Labute approximate surface area is 131 Å².